The van der Waals surface area contributed by atoms with Crippen LogP contribution in [0.25, 0.3) is 11.4 Å². The molecule has 6 nitrogen and oxygen atoms in total. The summed E-state index contributed by atoms with van der Waals surface area (Å²) < 4.78 is 0. The fraction of sp³-hybridized carbons (Fsp3) is 0.421. The van der Waals surface area contributed by atoms with Crippen LogP contribution in [-0.2, 0) is 16.0 Å². The third-order valence-electron chi connectivity index (χ3n) is 4.37. The third-order valence-corrected chi connectivity index (χ3v) is 4.37. The van der Waals surface area contributed by atoms with Gasteiger partial charge in [0.1, 0.15) is 0 Å². The molecule has 1 aromatic heterocycles. The van der Waals surface area contributed by atoms with E-state index in [0.717, 1.165) is 29.3 Å². The molecule has 0 amide bonds. The molecule has 0 bridgehead atoms. The van der Waals surface area contributed by atoms with E-state index >= 15 is 0 Å². The minimum atomic E-state index is 0.250. The van der Waals surface area contributed by atoms with E-state index < -0.39 is 0 Å². The molecule has 1 saturated carbocycles. The van der Waals surface area contributed by atoms with Gasteiger partial charge in [-0.1, -0.05) is 49.6 Å². The second-order valence-corrected chi connectivity index (χ2v) is 6.18. The molecular weight excluding hydrogens is 316 g/mol. The molecule has 1 heterocycles. The Morgan fingerprint density at radius 2 is 1.76 bits per heavy atom. The standard InChI is InChI=1S/C18H24N4.CO2/c1-3-15-16(19)18(20-14-6-4-5-7-14)22-17(21-15)13-10-8-12(2)9-11-13;2-1-3/h8-11,14H,3-7,19H2,1-2H3,(H,20,21,22);. The third kappa shape index (κ3) is 4.88. The molecule has 0 aliphatic heterocycles. The highest BCUT2D eigenvalue weighted by molar-refractivity contribution is 5.69. The molecule has 0 saturated heterocycles. The van der Waals surface area contributed by atoms with Crippen LogP contribution in [0.2, 0.25) is 0 Å². The zero-order valence-corrected chi connectivity index (χ0v) is 14.7. The average Bonchev–Trinajstić information content (AvgIpc) is 3.11. The van der Waals surface area contributed by atoms with Gasteiger partial charge >= 0.3 is 6.15 Å². The first-order valence-corrected chi connectivity index (χ1v) is 8.58. The van der Waals surface area contributed by atoms with Gasteiger partial charge in [-0.3, -0.25) is 0 Å². The number of nitrogens with two attached hydrogens (primary N) is 1. The van der Waals surface area contributed by atoms with Gasteiger partial charge in [-0.05, 0) is 26.2 Å². The number of anilines is 2. The molecule has 3 N–H and O–H groups in total. The number of aryl methyl sites for hydroxylation is 2. The monoisotopic (exact) mass is 340 g/mol. The summed E-state index contributed by atoms with van der Waals surface area (Å²) in [5.41, 5.74) is 10.1. The Morgan fingerprint density at radius 3 is 2.32 bits per heavy atom. The summed E-state index contributed by atoms with van der Waals surface area (Å²) >= 11 is 0. The molecule has 3 rings (SSSR count). The van der Waals surface area contributed by atoms with Gasteiger partial charge in [-0.25, -0.2) is 9.97 Å². The summed E-state index contributed by atoms with van der Waals surface area (Å²) in [5, 5.41) is 3.53. The van der Waals surface area contributed by atoms with Crippen LogP contribution in [-0.4, -0.2) is 22.2 Å². The highest BCUT2D eigenvalue weighted by atomic mass is 16.2. The number of nitrogens with one attached hydrogen (secondary N) is 1. The highest BCUT2D eigenvalue weighted by Gasteiger charge is 2.18. The summed E-state index contributed by atoms with van der Waals surface area (Å²) in [6.45, 7) is 4.16. The molecule has 2 aromatic rings. The first-order valence-electron chi connectivity index (χ1n) is 8.58. The predicted octanol–water partition coefficient (Wildman–Crippen LogP) is 3.37. The van der Waals surface area contributed by atoms with Gasteiger partial charge in [-0.15, -0.1) is 0 Å². The van der Waals surface area contributed by atoms with Crippen molar-refractivity contribution in [1.82, 2.24) is 9.97 Å². The van der Waals surface area contributed by atoms with Crippen molar-refractivity contribution in [2.24, 2.45) is 0 Å². The lowest BCUT2D eigenvalue weighted by Crippen LogP contribution is -2.18. The molecular formula is C19H24N4O2. The van der Waals surface area contributed by atoms with Crippen molar-refractivity contribution in [2.75, 3.05) is 11.1 Å². The zero-order valence-electron chi connectivity index (χ0n) is 14.7. The lowest BCUT2D eigenvalue weighted by molar-refractivity contribution is -0.191. The molecule has 1 aliphatic carbocycles. The SMILES string of the molecule is CCc1nc(-c2ccc(C)cc2)nc(NC2CCCC2)c1N.O=C=O. The molecule has 25 heavy (non-hydrogen) atoms. The first kappa shape index (κ1) is 18.6. The quantitative estimate of drug-likeness (QED) is 0.885. The van der Waals surface area contributed by atoms with Gasteiger partial charge in [-0.2, -0.15) is 9.59 Å². The number of rotatable bonds is 4. The van der Waals surface area contributed by atoms with Crippen LogP contribution >= 0.6 is 0 Å². The van der Waals surface area contributed by atoms with Gasteiger partial charge < -0.3 is 11.1 Å². The van der Waals surface area contributed by atoms with Gasteiger partial charge in [0.05, 0.1) is 11.4 Å². The number of nitrogen functional groups attached to an aromatic ring is 1. The normalized spacial score (nSPS) is 13.7. The lowest BCUT2D eigenvalue weighted by atomic mass is 10.1. The molecule has 0 atom stereocenters. The van der Waals surface area contributed by atoms with E-state index in [0.29, 0.717) is 11.7 Å². The Balaban J connectivity index is 0.000000701. The van der Waals surface area contributed by atoms with Crippen molar-refractivity contribution >= 4 is 17.7 Å². The van der Waals surface area contributed by atoms with E-state index in [9.17, 15) is 0 Å². The van der Waals surface area contributed by atoms with E-state index in [2.05, 4.69) is 48.4 Å². The van der Waals surface area contributed by atoms with Crippen LogP contribution in [0.4, 0.5) is 11.5 Å². The van der Waals surface area contributed by atoms with Crippen LogP contribution in [0.15, 0.2) is 24.3 Å². The zero-order chi connectivity index (χ0) is 18.2. The molecule has 1 aromatic carbocycles. The number of aromatic nitrogens is 2. The summed E-state index contributed by atoms with van der Waals surface area (Å²) in [6, 6.07) is 8.81. The second kappa shape index (κ2) is 8.94. The number of benzene rings is 1. The van der Waals surface area contributed by atoms with Crippen molar-refractivity contribution in [2.45, 2.75) is 52.0 Å². The summed E-state index contributed by atoms with van der Waals surface area (Å²) in [7, 11) is 0. The lowest BCUT2D eigenvalue weighted by Gasteiger charge is -2.17. The van der Waals surface area contributed by atoms with Crippen LogP contribution < -0.4 is 11.1 Å². The maximum atomic E-state index is 8.12. The Bertz CT molecular complexity index is 732. The summed E-state index contributed by atoms with van der Waals surface area (Å²) in [4.78, 5) is 25.6. The van der Waals surface area contributed by atoms with Crippen LogP contribution in [0.5, 0.6) is 0 Å². The van der Waals surface area contributed by atoms with Crippen LogP contribution in [0, 0.1) is 6.92 Å². The van der Waals surface area contributed by atoms with E-state index in [1.54, 1.807) is 0 Å². The molecule has 1 aliphatic rings. The second-order valence-electron chi connectivity index (χ2n) is 6.18. The minimum Gasteiger partial charge on any atom is -0.394 e. The Hall–Kier alpha value is -2.72. The summed E-state index contributed by atoms with van der Waals surface area (Å²) in [5.74, 6) is 1.56. The molecule has 0 unspecified atom stereocenters. The number of hydrogen-bond acceptors (Lipinski definition) is 6. The van der Waals surface area contributed by atoms with Gasteiger partial charge in [0.25, 0.3) is 0 Å². The van der Waals surface area contributed by atoms with Gasteiger partial charge in [0.15, 0.2) is 11.6 Å². The van der Waals surface area contributed by atoms with Crippen molar-refractivity contribution in [3.05, 3.63) is 35.5 Å². The van der Waals surface area contributed by atoms with E-state index in [1.807, 2.05) is 0 Å². The predicted molar refractivity (Wildman–Crippen MR) is 96.9 cm³/mol. The van der Waals surface area contributed by atoms with Gasteiger partial charge in [0.2, 0.25) is 0 Å². The van der Waals surface area contributed by atoms with E-state index in [4.69, 9.17) is 20.3 Å². The van der Waals surface area contributed by atoms with Crippen LogP contribution in [0.1, 0.15) is 43.9 Å². The van der Waals surface area contributed by atoms with Crippen LogP contribution in [0.3, 0.4) is 0 Å². The topological polar surface area (TPSA) is 98.0 Å². The Kier molecular flexibility index (Phi) is 6.66. The Morgan fingerprint density at radius 1 is 1.16 bits per heavy atom. The molecule has 0 spiro atoms. The maximum Gasteiger partial charge on any atom is 0.373 e. The highest BCUT2D eigenvalue weighted by Crippen LogP contribution is 2.28. The largest absolute Gasteiger partial charge is 0.394 e. The van der Waals surface area contributed by atoms with E-state index in [-0.39, 0.29) is 6.15 Å². The maximum absolute atomic E-state index is 8.12. The fourth-order valence-electron chi connectivity index (χ4n) is 2.99. The Labute approximate surface area is 147 Å². The average molecular weight is 340 g/mol. The fourth-order valence-corrected chi connectivity index (χ4v) is 2.99. The molecule has 1 fully saturated rings. The van der Waals surface area contributed by atoms with Gasteiger partial charge in [0, 0.05) is 11.6 Å². The van der Waals surface area contributed by atoms with Crippen molar-refractivity contribution in [3.63, 3.8) is 0 Å². The van der Waals surface area contributed by atoms with Crippen molar-refractivity contribution < 1.29 is 9.59 Å². The number of carbonyl (C=O) groups excluding carboxylic acids is 2. The first-order chi connectivity index (χ1) is 12.1. The summed E-state index contributed by atoms with van der Waals surface area (Å²) in [6.07, 6.45) is 6.03. The minimum absolute atomic E-state index is 0.250. The molecule has 6 heteroatoms. The van der Waals surface area contributed by atoms with Crippen molar-refractivity contribution in [1.29, 1.82) is 0 Å². The van der Waals surface area contributed by atoms with Crippen molar-refractivity contribution in [3.8, 4) is 11.4 Å². The molecule has 0 radical (unpaired) electrons. The van der Waals surface area contributed by atoms with E-state index in [1.165, 1.54) is 31.2 Å². The molecule has 132 valence electrons. The number of nitrogens with zero attached hydrogens (tertiary/aromatic N) is 2. The smallest absolute Gasteiger partial charge is 0.373 e. The number of hydrogen-bond donors (Lipinski definition) is 2.